The minimum absolute atomic E-state index is 0.0314. The molecule has 5 heteroatoms. The summed E-state index contributed by atoms with van der Waals surface area (Å²) in [5.74, 6) is 0.0314. The van der Waals surface area contributed by atoms with E-state index in [9.17, 15) is 9.90 Å². The summed E-state index contributed by atoms with van der Waals surface area (Å²) in [4.78, 5) is 13.6. The third-order valence-electron chi connectivity index (χ3n) is 3.30. The van der Waals surface area contributed by atoms with Crippen molar-refractivity contribution in [1.29, 1.82) is 0 Å². The molecule has 1 heterocycles. The van der Waals surface area contributed by atoms with Gasteiger partial charge in [0.2, 0.25) is 5.91 Å². The predicted octanol–water partition coefficient (Wildman–Crippen LogP) is 2.27. The van der Waals surface area contributed by atoms with E-state index in [0.29, 0.717) is 11.6 Å². The third kappa shape index (κ3) is 2.74. The Morgan fingerprint density at radius 3 is 2.84 bits per heavy atom. The van der Waals surface area contributed by atoms with Gasteiger partial charge in [-0.3, -0.25) is 4.79 Å². The Labute approximate surface area is 117 Å². The molecule has 0 spiro atoms. The average molecular weight is 281 g/mol. The second-order valence-electron chi connectivity index (χ2n) is 4.51. The molecular formula is C14H17ClN2O2. The van der Waals surface area contributed by atoms with Gasteiger partial charge in [-0.1, -0.05) is 17.7 Å². The number of halogens is 1. The molecule has 2 aromatic rings. The van der Waals surface area contributed by atoms with Crippen molar-refractivity contribution >= 4 is 28.4 Å². The Bertz CT molecular complexity index is 607. The quantitative estimate of drug-likeness (QED) is 0.934. The van der Waals surface area contributed by atoms with Crippen molar-refractivity contribution in [2.24, 2.45) is 0 Å². The van der Waals surface area contributed by atoms with Gasteiger partial charge < -0.3 is 14.6 Å². The van der Waals surface area contributed by atoms with Gasteiger partial charge in [0.1, 0.15) is 6.54 Å². The van der Waals surface area contributed by atoms with E-state index in [4.69, 9.17) is 11.6 Å². The number of benzene rings is 1. The molecule has 0 aliphatic heterocycles. The highest BCUT2D eigenvalue weighted by atomic mass is 35.5. The molecule has 2 rings (SSSR count). The fourth-order valence-corrected chi connectivity index (χ4v) is 2.21. The van der Waals surface area contributed by atoms with Gasteiger partial charge in [0, 0.05) is 35.8 Å². The first-order valence-electron chi connectivity index (χ1n) is 6.19. The van der Waals surface area contributed by atoms with Gasteiger partial charge >= 0.3 is 0 Å². The van der Waals surface area contributed by atoms with Crippen molar-refractivity contribution in [1.82, 2.24) is 9.47 Å². The van der Waals surface area contributed by atoms with Crippen LogP contribution in [-0.2, 0) is 17.9 Å². The summed E-state index contributed by atoms with van der Waals surface area (Å²) in [6.45, 7) is 2.80. The van der Waals surface area contributed by atoms with Gasteiger partial charge in [-0.25, -0.2) is 0 Å². The first-order chi connectivity index (χ1) is 9.06. The Morgan fingerprint density at radius 1 is 1.47 bits per heavy atom. The first kappa shape index (κ1) is 13.9. The maximum atomic E-state index is 12.0. The number of fused-ring (bicyclic) bond motifs is 1. The highest BCUT2D eigenvalue weighted by Gasteiger charge is 2.13. The van der Waals surface area contributed by atoms with E-state index >= 15 is 0 Å². The maximum Gasteiger partial charge on any atom is 0.242 e. The predicted molar refractivity (Wildman–Crippen MR) is 76.2 cm³/mol. The van der Waals surface area contributed by atoms with Crippen LogP contribution in [0.5, 0.6) is 0 Å². The Morgan fingerprint density at radius 2 is 2.21 bits per heavy atom. The third-order valence-corrected chi connectivity index (χ3v) is 3.54. The molecule has 0 fully saturated rings. The van der Waals surface area contributed by atoms with Crippen LogP contribution in [0.1, 0.15) is 12.5 Å². The van der Waals surface area contributed by atoms with E-state index in [0.717, 1.165) is 16.5 Å². The summed E-state index contributed by atoms with van der Waals surface area (Å²) >= 11 is 6.00. The number of likely N-dealkylation sites (N-methyl/N-ethyl adjacent to an activating group) is 1. The lowest BCUT2D eigenvalue weighted by Crippen LogP contribution is -2.29. The second-order valence-corrected chi connectivity index (χ2v) is 4.95. The number of aliphatic hydroxyl groups is 1. The lowest BCUT2D eigenvalue weighted by molar-refractivity contribution is -0.130. The molecule has 102 valence electrons. The van der Waals surface area contributed by atoms with Crippen LogP contribution in [0.25, 0.3) is 10.9 Å². The number of amides is 1. The zero-order chi connectivity index (χ0) is 14.0. The SMILES string of the molecule is CCN(C)C(=O)Cn1cc(CO)c2ccc(Cl)cc21. The topological polar surface area (TPSA) is 45.5 Å². The monoisotopic (exact) mass is 280 g/mol. The van der Waals surface area contributed by atoms with E-state index in [2.05, 4.69) is 0 Å². The molecule has 0 bridgehead atoms. The summed E-state index contributed by atoms with van der Waals surface area (Å²) in [7, 11) is 1.77. The van der Waals surface area contributed by atoms with Gasteiger partial charge in [0.25, 0.3) is 0 Å². The van der Waals surface area contributed by atoms with Gasteiger partial charge in [-0.15, -0.1) is 0 Å². The molecule has 1 aromatic carbocycles. The fourth-order valence-electron chi connectivity index (χ4n) is 2.04. The molecule has 19 heavy (non-hydrogen) atoms. The van der Waals surface area contributed by atoms with E-state index in [1.807, 2.05) is 29.8 Å². The van der Waals surface area contributed by atoms with Crippen LogP contribution in [0.3, 0.4) is 0 Å². The molecular weight excluding hydrogens is 264 g/mol. The Kier molecular flexibility index (Phi) is 4.12. The van der Waals surface area contributed by atoms with Crippen LogP contribution in [0, 0.1) is 0 Å². The first-order valence-corrected chi connectivity index (χ1v) is 6.56. The van der Waals surface area contributed by atoms with E-state index in [1.54, 1.807) is 18.0 Å². The van der Waals surface area contributed by atoms with Crippen molar-refractivity contribution in [3.63, 3.8) is 0 Å². The molecule has 0 radical (unpaired) electrons. The van der Waals surface area contributed by atoms with Crippen LogP contribution in [-0.4, -0.2) is 34.1 Å². The molecule has 0 saturated carbocycles. The molecule has 1 N–H and O–H groups in total. The standard InChI is InChI=1S/C14H17ClN2O2/c1-3-16(2)14(19)8-17-7-10(9-18)12-5-4-11(15)6-13(12)17/h4-7,18H,3,8-9H2,1-2H3. The zero-order valence-corrected chi connectivity index (χ0v) is 11.8. The van der Waals surface area contributed by atoms with Gasteiger partial charge in [-0.05, 0) is 19.1 Å². The number of hydrogen-bond acceptors (Lipinski definition) is 2. The molecule has 0 saturated heterocycles. The van der Waals surface area contributed by atoms with Crippen LogP contribution < -0.4 is 0 Å². The van der Waals surface area contributed by atoms with Crippen molar-refractivity contribution in [2.75, 3.05) is 13.6 Å². The molecule has 4 nitrogen and oxygen atoms in total. The number of nitrogens with zero attached hydrogens (tertiary/aromatic N) is 2. The number of aliphatic hydroxyl groups excluding tert-OH is 1. The minimum Gasteiger partial charge on any atom is -0.392 e. The number of rotatable bonds is 4. The Hall–Kier alpha value is -1.52. The summed E-state index contributed by atoms with van der Waals surface area (Å²) < 4.78 is 1.83. The number of hydrogen-bond donors (Lipinski definition) is 1. The smallest absolute Gasteiger partial charge is 0.242 e. The minimum atomic E-state index is -0.0526. The molecule has 1 aromatic heterocycles. The normalized spacial score (nSPS) is 10.9. The van der Waals surface area contributed by atoms with Gasteiger partial charge in [0.15, 0.2) is 0 Å². The van der Waals surface area contributed by atoms with E-state index < -0.39 is 0 Å². The molecule has 0 unspecified atom stereocenters. The number of aromatic nitrogens is 1. The van der Waals surface area contributed by atoms with Crippen molar-refractivity contribution < 1.29 is 9.90 Å². The molecule has 1 amide bonds. The van der Waals surface area contributed by atoms with E-state index in [-0.39, 0.29) is 19.1 Å². The summed E-state index contributed by atoms with van der Waals surface area (Å²) in [6, 6.07) is 5.47. The van der Waals surface area contributed by atoms with E-state index in [1.165, 1.54) is 0 Å². The molecule has 0 atom stereocenters. The summed E-state index contributed by atoms with van der Waals surface area (Å²) in [5, 5.41) is 10.9. The average Bonchev–Trinajstić information content (AvgIpc) is 2.75. The number of carbonyl (C=O) groups excluding carboxylic acids is 1. The summed E-state index contributed by atoms with van der Waals surface area (Å²) in [5.41, 5.74) is 1.67. The fraction of sp³-hybridized carbons (Fsp3) is 0.357. The highest BCUT2D eigenvalue weighted by Crippen LogP contribution is 2.25. The van der Waals surface area contributed by atoms with Gasteiger partial charge in [-0.2, -0.15) is 0 Å². The van der Waals surface area contributed by atoms with Crippen molar-refractivity contribution in [3.8, 4) is 0 Å². The number of carbonyl (C=O) groups is 1. The van der Waals surface area contributed by atoms with Crippen LogP contribution >= 0.6 is 11.6 Å². The van der Waals surface area contributed by atoms with Gasteiger partial charge in [0.05, 0.1) is 12.1 Å². The molecule has 0 aliphatic rings. The van der Waals surface area contributed by atoms with Crippen molar-refractivity contribution in [2.45, 2.75) is 20.1 Å². The van der Waals surface area contributed by atoms with Crippen molar-refractivity contribution in [3.05, 3.63) is 35.0 Å². The van der Waals surface area contributed by atoms with Crippen LogP contribution in [0.2, 0.25) is 5.02 Å². The lowest BCUT2D eigenvalue weighted by atomic mass is 10.2. The highest BCUT2D eigenvalue weighted by molar-refractivity contribution is 6.31. The largest absolute Gasteiger partial charge is 0.392 e. The van der Waals surface area contributed by atoms with Crippen LogP contribution in [0.15, 0.2) is 24.4 Å². The maximum absolute atomic E-state index is 12.0. The Balaban J connectivity index is 2.42. The molecule has 0 aliphatic carbocycles. The zero-order valence-electron chi connectivity index (χ0n) is 11.1. The van der Waals surface area contributed by atoms with Crippen LogP contribution in [0.4, 0.5) is 0 Å². The lowest BCUT2D eigenvalue weighted by Gasteiger charge is -2.15. The summed E-state index contributed by atoms with van der Waals surface area (Å²) in [6.07, 6.45) is 1.81. The second kappa shape index (κ2) is 5.63.